The first-order valence-electron chi connectivity index (χ1n) is 6.19. The summed E-state index contributed by atoms with van der Waals surface area (Å²) in [6.07, 6.45) is 5.36. The van der Waals surface area contributed by atoms with Gasteiger partial charge >= 0.3 is 0 Å². The van der Waals surface area contributed by atoms with Crippen LogP contribution in [-0.4, -0.2) is 21.3 Å². The maximum absolute atomic E-state index is 9.33. The van der Waals surface area contributed by atoms with Crippen molar-refractivity contribution in [1.29, 1.82) is 5.26 Å². The van der Waals surface area contributed by atoms with E-state index in [-0.39, 0.29) is 0 Å². The van der Waals surface area contributed by atoms with Crippen LogP contribution in [0.3, 0.4) is 0 Å². The van der Waals surface area contributed by atoms with Crippen LogP contribution in [0.1, 0.15) is 37.3 Å². The number of nitrogens with one attached hydrogen (secondary N) is 1. The molecule has 17 heavy (non-hydrogen) atoms. The highest BCUT2D eigenvalue weighted by Crippen LogP contribution is 2.24. The van der Waals surface area contributed by atoms with E-state index in [9.17, 15) is 5.26 Å². The van der Waals surface area contributed by atoms with Gasteiger partial charge < -0.3 is 9.88 Å². The summed E-state index contributed by atoms with van der Waals surface area (Å²) in [5.74, 6) is 1.78. The standard InChI is InChI=1S/C12H15N5/c13-8-9(10-4-3-6-14-10)12-16-15-11-5-1-2-7-17(11)12/h14H,1-7H2. The Bertz CT molecular complexity index is 497. The first kappa shape index (κ1) is 10.3. The summed E-state index contributed by atoms with van der Waals surface area (Å²) in [4.78, 5) is 0. The number of rotatable bonds is 1. The molecule has 0 radical (unpaired) electrons. The summed E-state index contributed by atoms with van der Waals surface area (Å²) >= 11 is 0. The number of aromatic nitrogens is 3. The van der Waals surface area contributed by atoms with Crippen molar-refractivity contribution >= 4 is 5.57 Å². The number of allylic oxidation sites excluding steroid dienone is 2. The van der Waals surface area contributed by atoms with E-state index in [1.54, 1.807) is 0 Å². The quantitative estimate of drug-likeness (QED) is 0.735. The highest BCUT2D eigenvalue weighted by molar-refractivity contribution is 5.75. The average molecular weight is 229 g/mol. The highest BCUT2D eigenvalue weighted by atomic mass is 15.3. The zero-order valence-electron chi connectivity index (χ0n) is 9.74. The molecule has 1 saturated heterocycles. The van der Waals surface area contributed by atoms with Gasteiger partial charge in [-0.2, -0.15) is 5.26 Å². The fourth-order valence-electron chi connectivity index (χ4n) is 2.55. The predicted octanol–water partition coefficient (Wildman–Crippen LogP) is 1.23. The molecular formula is C12H15N5. The Kier molecular flexibility index (Phi) is 2.56. The van der Waals surface area contributed by atoms with Gasteiger partial charge in [-0.1, -0.05) is 0 Å². The molecule has 1 aromatic rings. The first-order chi connectivity index (χ1) is 8.40. The topological polar surface area (TPSA) is 66.5 Å². The van der Waals surface area contributed by atoms with E-state index in [1.165, 1.54) is 6.42 Å². The minimum absolute atomic E-state index is 0.683. The Balaban J connectivity index is 2.06. The van der Waals surface area contributed by atoms with Crippen LogP contribution >= 0.6 is 0 Å². The SMILES string of the molecule is N#CC(=C1CCCN1)c1nnc2n1CCCC2. The third kappa shape index (κ3) is 1.70. The van der Waals surface area contributed by atoms with E-state index >= 15 is 0 Å². The van der Waals surface area contributed by atoms with Gasteiger partial charge in [0.1, 0.15) is 17.5 Å². The third-order valence-corrected chi connectivity index (χ3v) is 3.44. The molecule has 5 nitrogen and oxygen atoms in total. The number of hydrogen-bond donors (Lipinski definition) is 1. The lowest BCUT2D eigenvalue weighted by molar-refractivity contribution is 0.519. The van der Waals surface area contributed by atoms with Crippen molar-refractivity contribution < 1.29 is 0 Å². The molecule has 0 unspecified atom stereocenters. The molecule has 3 rings (SSSR count). The second-order valence-electron chi connectivity index (χ2n) is 4.54. The van der Waals surface area contributed by atoms with Gasteiger partial charge in [0.05, 0.1) is 0 Å². The molecule has 0 spiro atoms. The zero-order valence-corrected chi connectivity index (χ0v) is 9.74. The molecule has 1 N–H and O–H groups in total. The monoisotopic (exact) mass is 229 g/mol. The van der Waals surface area contributed by atoms with Gasteiger partial charge in [-0.05, 0) is 25.7 Å². The van der Waals surface area contributed by atoms with Gasteiger partial charge in [-0.3, -0.25) is 0 Å². The maximum atomic E-state index is 9.33. The van der Waals surface area contributed by atoms with Gasteiger partial charge in [0.25, 0.3) is 0 Å². The number of fused-ring (bicyclic) bond motifs is 1. The van der Waals surface area contributed by atoms with Crippen molar-refractivity contribution in [1.82, 2.24) is 20.1 Å². The van der Waals surface area contributed by atoms with Crippen LogP contribution in [0.15, 0.2) is 5.70 Å². The molecule has 1 fully saturated rings. The fraction of sp³-hybridized carbons (Fsp3) is 0.583. The van der Waals surface area contributed by atoms with Crippen molar-refractivity contribution in [3.05, 3.63) is 17.3 Å². The van der Waals surface area contributed by atoms with Gasteiger partial charge in [-0.15, -0.1) is 10.2 Å². The van der Waals surface area contributed by atoms with Gasteiger partial charge in [-0.25, -0.2) is 0 Å². The molecule has 0 aliphatic carbocycles. The van der Waals surface area contributed by atoms with Crippen molar-refractivity contribution in [2.75, 3.05) is 6.54 Å². The lowest BCUT2D eigenvalue weighted by Gasteiger charge is -2.14. The van der Waals surface area contributed by atoms with Crippen LogP contribution in [0, 0.1) is 11.3 Å². The number of hydrogen-bond acceptors (Lipinski definition) is 4. The summed E-state index contributed by atoms with van der Waals surface area (Å²) in [6, 6.07) is 2.29. The number of aryl methyl sites for hydroxylation is 1. The Morgan fingerprint density at radius 3 is 2.94 bits per heavy atom. The van der Waals surface area contributed by atoms with Crippen LogP contribution < -0.4 is 5.32 Å². The Labute approximate surface area is 100 Å². The molecule has 0 amide bonds. The molecule has 5 heteroatoms. The summed E-state index contributed by atoms with van der Waals surface area (Å²) in [5, 5.41) is 21.0. The molecular weight excluding hydrogens is 214 g/mol. The van der Waals surface area contributed by atoms with Gasteiger partial charge in [0, 0.05) is 25.2 Å². The predicted molar refractivity (Wildman–Crippen MR) is 62.7 cm³/mol. The largest absolute Gasteiger partial charge is 0.387 e. The molecule has 0 aromatic carbocycles. The van der Waals surface area contributed by atoms with E-state index in [4.69, 9.17) is 0 Å². The lowest BCUT2D eigenvalue weighted by atomic mass is 10.1. The summed E-state index contributed by atoms with van der Waals surface area (Å²) in [6.45, 7) is 1.90. The molecule has 3 heterocycles. The second-order valence-corrected chi connectivity index (χ2v) is 4.54. The van der Waals surface area contributed by atoms with Crippen molar-refractivity contribution in [2.45, 2.75) is 38.6 Å². The minimum Gasteiger partial charge on any atom is -0.387 e. The van der Waals surface area contributed by atoms with Crippen LogP contribution in [0.4, 0.5) is 0 Å². The summed E-state index contributed by atoms with van der Waals surface area (Å²) in [5.41, 5.74) is 1.72. The van der Waals surface area contributed by atoms with Crippen molar-refractivity contribution in [3.63, 3.8) is 0 Å². The van der Waals surface area contributed by atoms with E-state index in [2.05, 4.69) is 26.2 Å². The molecule has 0 atom stereocenters. The number of nitrogens with zero attached hydrogens (tertiary/aromatic N) is 4. The molecule has 0 bridgehead atoms. The highest BCUT2D eigenvalue weighted by Gasteiger charge is 2.22. The molecule has 2 aliphatic heterocycles. The Morgan fingerprint density at radius 1 is 1.24 bits per heavy atom. The summed E-state index contributed by atoms with van der Waals surface area (Å²) in [7, 11) is 0. The van der Waals surface area contributed by atoms with E-state index in [0.29, 0.717) is 5.57 Å². The first-order valence-corrected chi connectivity index (χ1v) is 6.19. The Morgan fingerprint density at radius 2 is 2.18 bits per heavy atom. The van der Waals surface area contributed by atoms with Crippen LogP contribution in [0.5, 0.6) is 0 Å². The Hall–Kier alpha value is -1.83. The van der Waals surface area contributed by atoms with E-state index in [1.807, 2.05) is 0 Å². The number of nitriles is 1. The van der Waals surface area contributed by atoms with Crippen LogP contribution in [-0.2, 0) is 13.0 Å². The zero-order chi connectivity index (χ0) is 11.7. The van der Waals surface area contributed by atoms with Gasteiger partial charge in [0.2, 0.25) is 0 Å². The molecule has 1 aromatic heterocycles. The third-order valence-electron chi connectivity index (χ3n) is 3.44. The normalized spacial score (nSPS) is 21.6. The minimum atomic E-state index is 0.683. The van der Waals surface area contributed by atoms with E-state index < -0.39 is 0 Å². The molecule has 2 aliphatic rings. The van der Waals surface area contributed by atoms with Crippen LogP contribution in [0.25, 0.3) is 5.57 Å². The smallest absolute Gasteiger partial charge is 0.176 e. The summed E-state index contributed by atoms with van der Waals surface area (Å²) < 4.78 is 2.11. The van der Waals surface area contributed by atoms with Gasteiger partial charge in [0.15, 0.2) is 5.82 Å². The average Bonchev–Trinajstić information content (AvgIpc) is 3.01. The van der Waals surface area contributed by atoms with Crippen molar-refractivity contribution in [2.24, 2.45) is 0 Å². The molecule has 88 valence electrons. The second kappa shape index (κ2) is 4.21. The lowest BCUT2D eigenvalue weighted by Crippen LogP contribution is -2.14. The van der Waals surface area contributed by atoms with Crippen LogP contribution in [0.2, 0.25) is 0 Å². The molecule has 0 saturated carbocycles. The van der Waals surface area contributed by atoms with E-state index in [0.717, 1.165) is 56.1 Å². The maximum Gasteiger partial charge on any atom is 0.176 e. The fourth-order valence-corrected chi connectivity index (χ4v) is 2.55. The van der Waals surface area contributed by atoms with Crippen molar-refractivity contribution in [3.8, 4) is 6.07 Å².